The number of carbonyl (C=O) groups excluding carboxylic acids is 2. The van der Waals surface area contributed by atoms with Crippen molar-refractivity contribution < 1.29 is 9.59 Å². The van der Waals surface area contributed by atoms with Crippen LogP contribution >= 0.6 is 0 Å². The average molecular weight is 420 g/mol. The molecule has 1 atom stereocenters. The van der Waals surface area contributed by atoms with Crippen LogP contribution in [-0.2, 0) is 11.3 Å². The van der Waals surface area contributed by atoms with Gasteiger partial charge in [-0.1, -0.05) is 18.2 Å². The maximum absolute atomic E-state index is 13.3. The maximum Gasteiger partial charge on any atom is 0.255 e. The van der Waals surface area contributed by atoms with Crippen molar-refractivity contribution in [2.45, 2.75) is 39.7 Å². The fraction of sp³-hybridized carbons (Fsp3) is 0.417. The highest BCUT2D eigenvalue weighted by Crippen LogP contribution is 2.24. The molecule has 3 aromatic rings. The fourth-order valence-electron chi connectivity index (χ4n) is 4.32. The van der Waals surface area contributed by atoms with Gasteiger partial charge in [0.15, 0.2) is 0 Å². The Morgan fingerprint density at radius 1 is 1.26 bits per heavy atom. The number of carbonyl (C=O) groups is 2. The molecule has 1 N–H and O–H groups in total. The number of rotatable bonds is 6. The van der Waals surface area contributed by atoms with Gasteiger partial charge in [0.2, 0.25) is 5.91 Å². The molecule has 0 radical (unpaired) electrons. The van der Waals surface area contributed by atoms with E-state index in [2.05, 4.69) is 10.3 Å². The third kappa shape index (κ3) is 4.93. The van der Waals surface area contributed by atoms with Crippen molar-refractivity contribution in [2.75, 3.05) is 19.6 Å². The third-order valence-corrected chi connectivity index (χ3v) is 6.00. The molecule has 7 heteroatoms. The number of benzene rings is 1. The molecule has 1 unspecified atom stereocenters. The summed E-state index contributed by atoms with van der Waals surface area (Å²) in [5, 5.41) is 3.96. The predicted molar refractivity (Wildman–Crippen MR) is 120 cm³/mol. The lowest BCUT2D eigenvalue weighted by molar-refractivity contribution is -0.122. The number of likely N-dealkylation sites (tertiary alicyclic amines) is 1. The lowest BCUT2D eigenvalue weighted by atomic mass is 9.93. The molecular weight excluding hydrogens is 390 g/mol. The van der Waals surface area contributed by atoms with Gasteiger partial charge in [-0.3, -0.25) is 14.6 Å². The van der Waals surface area contributed by atoms with E-state index < -0.39 is 0 Å². The van der Waals surface area contributed by atoms with Gasteiger partial charge in [0.25, 0.3) is 5.91 Å². The summed E-state index contributed by atoms with van der Waals surface area (Å²) in [4.78, 5) is 36.2. The fourth-order valence-corrected chi connectivity index (χ4v) is 4.32. The SMILES string of the molecule is Cc1nc2c(C)cccc2cc1C(=O)N1CCCC(CC(=O)NCCn2ccnc2)C1. The number of aryl methyl sites for hydroxylation is 2. The molecule has 7 nitrogen and oxygen atoms in total. The van der Waals surface area contributed by atoms with Crippen molar-refractivity contribution in [1.82, 2.24) is 24.8 Å². The van der Waals surface area contributed by atoms with Crippen LogP contribution in [0.5, 0.6) is 0 Å². The number of pyridine rings is 1. The van der Waals surface area contributed by atoms with Gasteiger partial charge >= 0.3 is 0 Å². The first kappa shape index (κ1) is 21.0. The van der Waals surface area contributed by atoms with Crippen LogP contribution < -0.4 is 5.32 Å². The minimum atomic E-state index is 0.0126. The van der Waals surface area contributed by atoms with E-state index in [0.29, 0.717) is 31.6 Å². The second-order valence-corrected chi connectivity index (χ2v) is 8.38. The molecule has 162 valence electrons. The zero-order valence-corrected chi connectivity index (χ0v) is 18.2. The molecule has 1 saturated heterocycles. The predicted octanol–water partition coefficient (Wildman–Crippen LogP) is 3.11. The van der Waals surface area contributed by atoms with Crippen molar-refractivity contribution in [2.24, 2.45) is 5.92 Å². The summed E-state index contributed by atoms with van der Waals surface area (Å²) >= 11 is 0. The minimum absolute atomic E-state index is 0.0126. The number of para-hydroxylation sites is 1. The van der Waals surface area contributed by atoms with Crippen molar-refractivity contribution in [3.8, 4) is 0 Å². The summed E-state index contributed by atoms with van der Waals surface area (Å²) in [6.45, 7) is 6.54. The largest absolute Gasteiger partial charge is 0.354 e. The highest BCUT2D eigenvalue weighted by atomic mass is 16.2. The van der Waals surface area contributed by atoms with Crippen LogP contribution in [0.3, 0.4) is 0 Å². The minimum Gasteiger partial charge on any atom is -0.354 e. The molecule has 0 bridgehead atoms. The monoisotopic (exact) mass is 419 g/mol. The first-order chi connectivity index (χ1) is 15.0. The molecule has 1 aromatic carbocycles. The Morgan fingerprint density at radius 2 is 2.13 bits per heavy atom. The number of hydrogen-bond acceptors (Lipinski definition) is 4. The van der Waals surface area contributed by atoms with Crippen molar-refractivity contribution >= 4 is 22.7 Å². The van der Waals surface area contributed by atoms with E-state index >= 15 is 0 Å². The summed E-state index contributed by atoms with van der Waals surface area (Å²) in [6.07, 6.45) is 7.67. The second-order valence-electron chi connectivity index (χ2n) is 8.38. The lowest BCUT2D eigenvalue weighted by Crippen LogP contribution is -2.42. The van der Waals surface area contributed by atoms with E-state index in [0.717, 1.165) is 41.5 Å². The molecule has 3 heterocycles. The standard InChI is InChI=1S/C24H29N5O2/c1-17-5-3-7-20-14-21(18(2)27-23(17)20)24(31)29-10-4-6-19(15-29)13-22(30)26-9-12-28-11-8-25-16-28/h3,5,7-8,11,14,16,19H,4,6,9-10,12-13,15H2,1-2H3,(H,26,30). The first-order valence-electron chi connectivity index (χ1n) is 10.9. The lowest BCUT2D eigenvalue weighted by Gasteiger charge is -2.33. The number of nitrogens with one attached hydrogen (secondary N) is 1. The second kappa shape index (κ2) is 9.29. The zero-order valence-electron chi connectivity index (χ0n) is 18.2. The van der Waals surface area contributed by atoms with Crippen LogP contribution in [0, 0.1) is 19.8 Å². The summed E-state index contributed by atoms with van der Waals surface area (Å²) in [7, 11) is 0. The van der Waals surface area contributed by atoms with E-state index in [4.69, 9.17) is 4.98 Å². The number of fused-ring (bicyclic) bond motifs is 1. The van der Waals surface area contributed by atoms with Gasteiger partial charge in [0, 0.05) is 50.4 Å². The van der Waals surface area contributed by atoms with Crippen LogP contribution in [0.1, 0.15) is 40.9 Å². The van der Waals surface area contributed by atoms with Crippen LogP contribution in [0.25, 0.3) is 10.9 Å². The highest BCUT2D eigenvalue weighted by Gasteiger charge is 2.27. The van der Waals surface area contributed by atoms with Gasteiger partial charge in [-0.15, -0.1) is 0 Å². The Morgan fingerprint density at radius 3 is 2.94 bits per heavy atom. The Kier molecular flexibility index (Phi) is 6.30. The van der Waals surface area contributed by atoms with Gasteiger partial charge < -0.3 is 14.8 Å². The van der Waals surface area contributed by atoms with Crippen LogP contribution in [0.2, 0.25) is 0 Å². The summed E-state index contributed by atoms with van der Waals surface area (Å²) in [5.74, 6) is 0.235. The molecule has 1 fully saturated rings. The Bertz CT molecular complexity index is 1080. The molecule has 4 rings (SSSR count). The highest BCUT2D eigenvalue weighted by molar-refractivity contribution is 5.99. The molecule has 0 spiro atoms. The van der Waals surface area contributed by atoms with E-state index in [1.807, 2.05) is 53.8 Å². The summed E-state index contributed by atoms with van der Waals surface area (Å²) < 4.78 is 1.93. The van der Waals surface area contributed by atoms with Gasteiger partial charge in [-0.2, -0.15) is 0 Å². The molecule has 1 aliphatic rings. The molecular formula is C24H29N5O2. The Hall–Kier alpha value is -3.22. The molecule has 2 amide bonds. The molecule has 31 heavy (non-hydrogen) atoms. The number of hydrogen-bond donors (Lipinski definition) is 1. The number of piperidine rings is 1. The normalized spacial score (nSPS) is 16.5. The quantitative estimate of drug-likeness (QED) is 0.666. The van der Waals surface area contributed by atoms with Crippen molar-refractivity contribution in [3.63, 3.8) is 0 Å². The summed E-state index contributed by atoms with van der Waals surface area (Å²) in [5.41, 5.74) is 3.46. The third-order valence-electron chi connectivity index (χ3n) is 6.00. The van der Waals surface area contributed by atoms with E-state index in [1.54, 1.807) is 12.5 Å². The van der Waals surface area contributed by atoms with Gasteiger partial charge in [0.05, 0.1) is 23.1 Å². The van der Waals surface area contributed by atoms with Crippen molar-refractivity contribution in [3.05, 3.63) is 59.8 Å². The van der Waals surface area contributed by atoms with Gasteiger partial charge in [0.1, 0.15) is 0 Å². The number of nitrogens with zero attached hydrogens (tertiary/aromatic N) is 4. The van der Waals surface area contributed by atoms with E-state index in [9.17, 15) is 9.59 Å². The zero-order chi connectivity index (χ0) is 21.8. The molecule has 0 aliphatic carbocycles. The van der Waals surface area contributed by atoms with Gasteiger partial charge in [-0.25, -0.2) is 4.98 Å². The molecule has 2 aromatic heterocycles. The Balaban J connectivity index is 1.36. The van der Waals surface area contributed by atoms with Crippen molar-refractivity contribution in [1.29, 1.82) is 0 Å². The average Bonchev–Trinajstić information content (AvgIpc) is 3.27. The van der Waals surface area contributed by atoms with E-state index in [1.165, 1.54) is 0 Å². The number of imidazole rings is 1. The summed E-state index contributed by atoms with van der Waals surface area (Å²) in [6, 6.07) is 7.98. The van der Waals surface area contributed by atoms with Crippen LogP contribution in [0.15, 0.2) is 43.0 Å². The van der Waals surface area contributed by atoms with E-state index in [-0.39, 0.29) is 17.7 Å². The Labute approximate surface area is 182 Å². The number of aromatic nitrogens is 3. The smallest absolute Gasteiger partial charge is 0.255 e. The van der Waals surface area contributed by atoms with Crippen LogP contribution in [0.4, 0.5) is 0 Å². The van der Waals surface area contributed by atoms with Gasteiger partial charge in [-0.05, 0) is 44.2 Å². The number of amides is 2. The molecule has 1 aliphatic heterocycles. The molecule has 0 saturated carbocycles. The topological polar surface area (TPSA) is 80.1 Å². The maximum atomic E-state index is 13.3. The van der Waals surface area contributed by atoms with Crippen LogP contribution in [-0.4, -0.2) is 50.9 Å². The first-order valence-corrected chi connectivity index (χ1v) is 10.9.